The number of thiophene rings is 1. The first-order chi connectivity index (χ1) is 8.54. The molecular formula is C10H11BrClN5S. The predicted molar refractivity (Wildman–Crippen MR) is 78.5 cm³/mol. The Morgan fingerprint density at radius 1 is 1.33 bits per heavy atom. The summed E-state index contributed by atoms with van der Waals surface area (Å²) in [6, 6.07) is 4.05. The van der Waals surface area contributed by atoms with E-state index >= 15 is 0 Å². The molecule has 0 atom stereocenters. The molecule has 2 aromatic heterocycles. The second-order valence-corrected chi connectivity index (χ2v) is 6.57. The van der Waals surface area contributed by atoms with E-state index in [0.717, 1.165) is 3.79 Å². The smallest absolute Gasteiger partial charge is 0.230 e. The number of hydrogen-bond acceptors (Lipinski definition) is 6. The number of halogens is 2. The highest BCUT2D eigenvalue weighted by molar-refractivity contribution is 9.11. The van der Waals surface area contributed by atoms with Crippen molar-refractivity contribution in [3.05, 3.63) is 26.1 Å². The summed E-state index contributed by atoms with van der Waals surface area (Å²) in [5.41, 5.74) is 0. The summed E-state index contributed by atoms with van der Waals surface area (Å²) in [5.74, 6) is 1.01. The van der Waals surface area contributed by atoms with Gasteiger partial charge in [0.15, 0.2) is 0 Å². The second-order valence-electron chi connectivity index (χ2n) is 3.68. The quantitative estimate of drug-likeness (QED) is 0.920. The minimum Gasteiger partial charge on any atom is -0.349 e. The molecule has 0 saturated carbocycles. The minimum absolute atomic E-state index is 0.184. The fourth-order valence-electron chi connectivity index (χ4n) is 1.23. The van der Waals surface area contributed by atoms with E-state index in [1.807, 2.05) is 26.2 Å². The van der Waals surface area contributed by atoms with Crippen LogP contribution in [0.25, 0.3) is 0 Å². The van der Waals surface area contributed by atoms with Gasteiger partial charge in [-0.15, -0.1) is 11.3 Å². The highest BCUT2D eigenvalue weighted by Crippen LogP contribution is 2.22. The Kier molecular flexibility index (Phi) is 4.36. The molecule has 0 saturated heterocycles. The minimum atomic E-state index is 0.184. The van der Waals surface area contributed by atoms with Crippen LogP contribution in [-0.2, 0) is 6.54 Å². The van der Waals surface area contributed by atoms with Crippen molar-refractivity contribution in [1.29, 1.82) is 0 Å². The monoisotopic (exact) mass is 347 g/mol. The van der Waals surface area contributed by atoms with E-state index in [2.05, 4.69) is 36.2 Å². The Labute approximate surface area is 122 Å². The fourth-order valence-corrected chi connectivity index (χ4v) is 2.81. The molecular weight excluding hydrogens is 338 g/mol. The van der Waals surface area contributed by atoms with E-state index in [4.69, 9.17) is 11.6 Å². The molecule has 1 N–H and O–H groups in total. The molecule has 8 heteroatoms. The van der Waals surface area contributed by atoms with Gasteiger partial charge in [-0.25, -0.2) is 0 Å². The summed E-state index contributed by atoms with van der Waals surface area (Å²) >= 11 is 10.9. The van der Waals surface area contributed by atoms with Crippen molar-refractivity contribution in [2.24, 2.45) is 0 Å². The molecule has 0 radical (unpaired) electrons. The maximum Gasteiger partial charge on any atom is 0.230 e. The van der Waals surface area contributed by atoms with Gasteiger partial charge in [-0.3, -0.25) is 0 Å². The third kappa shape index (κ3) is 3.54. The molecule has 0 fully saturated rings. The van der Waals surface area contributed by atoms with Crippen molar-refractivity contribution in [3.63, 3.8) is 0 Å². The van der Waals surface area contributed by atoms with Gasteiger partial charge in [-0.1, -0.05) is 0 Å². The summed E-state index contributed by atoms with van der Waals surface area (Å²) in [5, 5.41) is 3.31. The van der Waals surface area contributed by atoms with Crippen molar-refractivity contribution in [2.45, 2.75) is 6.54 Å². The first-order valence-corrected chi connectivity index (χ1v) is 7.10. The van der Waals surface area contributed by atoms with Crippen molar-refractivity contribution in [2.75, 3.05) is 24.3 Å². The largest absolute Gasteiger partial charge is 0.349 e. The number of nitrogens with zero attached hydrogens (tertiary/aromatic N) is 4. The predicted octanol–water partition coefficient (Wildman–Crippen LogP) is 3.03. The van der Waals surface area contributed by atoms with Gasteiger partial charge in [-0.2, -0.15) is 15.0 Å². The molecule has 0 amide bonds. The van der Waals surface area contributed by atoms with Crippen LogP contribution in [0.4, 0.5) is 11.9 Å². The first kappa shape index (κ1) is 13.5. The lowest BCUT2D eigenvalue weighted by molar-refractivity contribution is 0.945. The topological polar surface area (TPSA) is 53.9 Å². The normalized spacial score (nSPS) is 10.4. The summed E-state index contributed by atoms with van der Waals surface area (Å²) in [6.07, 6.45) is 0. The number of anilines is 2. The highest BCUT2D eigenvalue weighted by Gasteiger charge is 2.06. The zero-order chi connectivity index (χ0) is 13.1. The number of nitrogens with one attached hydrogen (secondary N) is 1. The van der Waals surface area contributed by atoms with Gasteiger partial charge >= 0.3 is 0 Å². The molecule has 0 aromatic carbocycles. The van der Waals surface area contributed by atoms with Crippen LogP contribution < -0.4 is 10.2 Å². The average molecular weight is 349 g/mol. The zero-order valence-electron chi connectivity index (χ0n) is 9.81. The molecule has 2 rings (SSSR count). The standard InChI is InChI=1S/C10H11BrClN5S/c1-17(2)10-15-8(12)14-9(16-10)13-5-6-3-4-7(11)18-6/h3-4H,5H2,1-2H3,(H,13,14,15,16). The molecule has 0 bridgehead atoms. The van der Waals surface area contributed by atoms with Gasteiger partial charge in [0.05, 0.1) is 10.3 Å². The van der Waals surface area contributed by atoms with Crippen LogP contribution in [0.3, 0.4) is 0 Å². The average Bonchev–Trinajstić information content (AvgIpc) is 2.72. The Hall–Kier alpha value is -0.920. The van der Waals surface area contributed by atoms with Gasteiger partial charge in [0, 0.05) is 19.0 Å². The molecule has 0 spiro atoms. The molecule has 2 heterocycles. The van der Waals surface area contributed by atoms with Crippen molar-refractivity contribution in [1.82, 2.24) is 15.0 Å². The van der Waals surface area contributed by atoms with Gasteiger partial charge in [0.25, 0.3) is 0 Å². The molecule has 96 valence electrons. The number of rotatable bonds is 4. The van der Waals surface area contributed by atoms with Crippen LogP contribution in [0.15, 0.2) is 15.9 Å². The Morgan fingerprint density at radius 2 is 2.11 bits per heavy atom. The number of aromatic nitrogens is 3. The van der Waals surface area contributed by atoms with E-state index in [9.17, 15) is 0 Å². The lowest BCUT2D eigenvalue weighted by Gasteiger charge is -2.11. The fraction of sp³-hybridized carbons (Fsp3) is 0.300. The molecule has 2 aromatic rings. The van der Waals surface area contributed by atoms with Crippen LogP contribution in [0.1, 0.15) is 4.88 Å². The van der Waals surface area contributed by atoms with Gasteiger partial charge < -0.3 is 10.2 Å². The van der Waals surface area contributed by atoms with Crippen LogP contribution >= 0.6 is 38.9 Å². The number of hydrogen-bond donors (Lipinski definition) is 1. The summed E-state index contributed by atoms with van der Waals surface area (Å²) in [4.78, 5) is 15.3. The van der Waals surface area contributed by atoms with Crippen LogP contribution in [0, 0.1) is 0 Å². The maximum atomic E-state index is 5.85. The van der Waals surface area contributed by atoms with E-state index < -0.39 is 0 Å². The maximum absolute atomic E-state index is 5.85. The van der Waals surface area contributed by atoms with Gasteiger partial charge in [0.2, 0.25) is 17.2 Å². The van der Waals surface area contributed by atoms with Crippen LogP contribution in [0.2, 0.25) is 5.28 Å². The third-order valence-electron chi connectivity index (χ3n) is 2.05. The van der Waals surface area contributed by atoms with E-state index in [0.29, 0.717) is 18.4 Å². The third-order valence-corrected chi connectivity index (χ3v) is 3.84. The SMILES string of the molecule is CN(C)c1nc(Cl)nc(NCc2ccc(Br)s2)n1. The van der Waals surface area contributed by atoms with Gasteiger partial charge in [0.1, 0.15) is 0 Å². The van der Waals surface area contributed by atoms with E-state index in [1.54, 1.807) is 16.2 Å². The molecule has 18 heavy (non-hydrogen) atoms. The molecule has 0 unspecified atom stereocenters. The molecule has 5 nitrogen and oxygen atoms in total. The summed E-state index contributed by atoms with van der Waals surface area (Å²) in [7, 11) is 3.71. The Balaban J connectivity index is 2.09. The highest BCUT2D eigenvalue weighted by atomic mass is 79.9. The van der Waals surface area contributed by atoms with Gasteiger partial charge in [-0.05, 0) is 39.7 Å². The van der Waals surface area contributed by atoms with Crippen molar-refractivity contribution < 1.29 is 0 Å². The Morgan fingerprint density at radius 3 is 2.72 bits per heavy atom. The lowest BCUT2D eigenvalue weighted by Crippen LogP contribution is -2.15. The van der Waals surface area contributed by atoms with Crippen molar-refractivity contribution >= 4 is 50.8 Å². The van der Waals surface area contributed by atoms with Crippen LogP contribution in [-0.4, -0.2) is 29.0 Å². The Bertz CT molecular complexity index is 545. The molecule has 0 aliphatic carbocycles. The summed E-state index contributed by atoms with van der Waals surface area (Å²) in [6.45, 7) is 0.656. The first-order valence-electron chi connectivity index (χ1n) is 5.11. The summed E-state index contributed by atoms with van der Waals surface area (Å²) < 4.78 is 1.10. The molecule has 0 aliphatic rings. The molecule has 0 aliphatic heterocycles. The second kappa shape index (κ2) is 5.81. The lowest BCUT2D eigenvalue weighted by atomic mass is 10.5. The van der Waals surface area contributed by atoms with E-state index in [-0.39, 0.29) is 5.28 Å². The van der Waals surface area contributed by atoms with E-state index in [1.165, 1.54) is 4.88 Å². The van der Waals surface area contributed by atoms with Crippen LogP contribution in [0.5, 0.6) is 0 Å². The van der Waals surface area contributed by atoms with Crippen molar-refractivity contribution in [3.8, 4) is 0 Å². The zero-order valence-corrected chi connectivity index (χ0v) is 13.0.